The Kier molecular flexibility index (Phi) is 1.59. The van der Waals surface area contributed by atoms with E-state index in [4.69, 9.17) is 5.73 Å². The minimum atomic E-state index is -0.274. The Balaban J connectivity index is 2.11. The highest BCUT2D eigenvalue weighted by atomic mass is 16.1. The molecule has 1 heterocycles. The van der Waals surface area contributed by atoms with E-state index in [0.717, 1.165) is 5.56 Å². The summed E-state index contributed by atoms with van der Waals surface area (Å²) in [5, 5.41) is 3.01. The van der Waals surface area contributed by atoms with Gasteiger partial charge in [0, 0.05) is 0 Å². The smallest absolute Gasteiger partial charge is 0.236 e. The molecule has 1 aliphatic heterocycles. The highest BCUT2D eigenvalue weighted by Gasteiger charge is 2.41. The van der Waals surface area contributed by atoms with Gasteiger partial charge in [0.1, 0.15) is 6.04 Å². The summed E-state index contributed by atoms with van der Waals surface area (Å²) in [5.74, 6) is -0.274. The Morgan fingerprint density at radius 1 is 1.33 bits per heavy atom. The van der Waals surface area contributed by atoms with Gasteiger partial charge >= 0.3 is 0 Å². The molecule has 12 heavy (non-hydrogen) atoms. The second kappa shape index (κ2) is 2.60. The maximum absolute atomic E-state index is 10.7. The molecule has 1 fully saturated rings. The van der Waals surface area contributed by atoms with Gasteiger partial charge in [-0.1, -0.05) is 30.3 Å². The van der Waals surface area contributed by atoms with E-state index in [1.165, 1.54) is 0 Å². The van der Waals surface area contributed by atoms with Crippen LogP contribution in [0.4, 0.5) is 0 Å². The Labute approximate surface area is 70.6 Å². The van der Waals surface area contributed by atoms with Crippen molar-refractivity contribution in [3.8, 4) is 0 Å². The van der Waals surface area contributed by atoms with Gasteiger partial charge in [-0.05, 0) is 5.56 Å². The van der Waals surface area contributed by atoms with E-state index < -0.39 is 0 Å². The first-order chi connectivity index (χ1) is 5.79. The average Bonchev–Trinajstić information content (AvgIpc) is 2.84. The molecule has 62 valence electrons. The summed E-state index contributed by atoms with van der Waals surface area (Å²) in [7, 11) is 0. The molecule has 3 N–H and O–H groups in total. The van der Waals surface area contributed by atoms with Gasteiger partial charge < -0.3 is 5.73 Å². The summed E-state index contributed by atoms with van der Waals surface area (Å²) >= 11 is 0. The number of primary amides is 1. The summed E-state index contributed by atoms with van der Waals surface area (Å²) in [6.07, 6.45) is 0. The maximum Gasteiger partial charge on any atom is 0.236 e. The molecule has 1 amide bonds. The number of nitrogens with two attached hydrogens (primary N) is 1. The number of rotatable bonds is 2. The molecule has 3 nitrogen and oxygen atoms in total. The molecule has 2 rings (SSSR count). The van der Waals surface area contributed by atoms with E-state index in [-0.39, 0.29) is 18.0 Å². The quantitative estimate of drug-likeness (QED) is 0.609. The van der Waals surface area contributed by atoms with E-state index in [1.54, 1.807) is 0 Å². The van der Waals surface area contributed by atoms with Gasteiger partial charge in [-0.3, -0.25) is 10.1 Å². The van der Waals surface area contributed by atoms with E-state index in [1.807, 2.05) is 30.3 Å². The van der Waals surface area contributed by atoms with Crippen LogP contribution in [0.3, 0.4) is 0 Å². The number of carbonyl (C=O) groups excluding carboxylic acids is 1. The summed E-state index contributed by atoms with van der Waals surface area (Å²) in [6.45, 7) is 0. The zero-order valence-electron chi connectivity index (χ0n) is 6.53. The van der Waals surface area contributed by atoms with E-state index in [9.17, 15) is 4.79 Å². The van der Waals surface area contributed by atoms with Crippen molar-refractivity contribution in [3.05, 3.63) is 35.9 Å². The summed E-state index contributed by atoms with van der Waals surface area (Å²) in [4.78, 5) is 10.7. The Hall–Kier alpha value is -1.35. The molecular formula is C9H10N2O. The monoisotopic (exact) mass is 162 g/mol. The standard InChI is InChI=1S/C9H10N2O/c10-9(12)8-7(11-8)6-4-2-1-3-5-6/h1-5,7-8,11H,(H2,10,12)/t7-,8+/m0/s1. The van der Waals surface area contributed by atoms with Crippen molar-refractivity contribution in [2.75, 3.05) is 0 Å². The number of nitrogens with one attached hydrogen (secondary N) is 1. The lowest BCUT2D eigenvalue weighted by Gasteiger charge is -1.93. The maximum atomic E-state index is 10.7. The lowest BCUT2D eigenvalue weighted by molar-refractivity contribution is -0.117. The fourth-order valence-corrected chi connectivity index (χ4v) is 1.33. The van der Waals surface area contributed by atoms with Crippen LogP contribution in [0.2, 0.25) is 0 Å². The predicted molar refractivity (Wildman–Crippen MR) is 45.3 cm³/mol. The molecule has 0 spiro atoms. The minimum absolute atomic E-state index is 0.142. The first-order valence-electron chi connectivity index (χ1n) is 3.89. The molecule has 0 unspecified atom stereocenters. The molecule has 0 bridgehead atoms. The van der Waals surface area contributed by atoms with Crippen LogP contribution in [0.1, 0.15) is 11.6 Å². The van der Waals surface area contributed by atoms with Gasteiger partial charge in [0.25, 0.3) is 0 Å². The fourth-order valence-electron chi connectivity index (χ4n) is 1.33. The Morgan fingerprint density at radius 3 is 2.50 bits per heavy atom. The number of hydrogen-bond acceptors (Lipinski definition) is 2. The molecule has 1 saturated heterocycles. The summed E-state index contributed by atoms with van der Waals surface area (Å²) in [5.41, 5.74) is 6.25. The number of carbonyl (C=O) groups is 1. The van der Waals surface area contributed by atoms with Crippen molar-refractivity contribution in [2.45, 2.75) is 12.1 Å². The van der Waals surface area contributed by atoms with Crippen LogP contribution in [-0.2, 0) is 4.79 Å². The first kappa shape index (κ1) is 7.31. The molecule has 2 atom stereocenters. The molecule has 1 aliphatic rings. The topological polar surface area (TPSA) is 65.0 Å². The van der Waals surface area contributed by atoms with Gasteiger partial charge in [0.15, 0.2) is 0 Å². The lowest BCUT2D eigenvalue weighted by atomic mass is 10.1. The molecule has 1 aromatic carbocycles. The van der Waals surface area contributed by atoms with Crippen LogP contribution in [0.5, 0.6) is 0 Å². The van der Waals surface area contributed by atoms with Crippen LogP contribution >= 0.6 is 0 Å². The SMILES string of the molecule is NC(=O)[C@@H]1N[C@H]1c1ccccc1. The summed E-state index contributed by atoms with van der Waals surface area (Å²) in [6, 6.07) is 9.81. The van der Waals surface area contributed by atoms with E-state index >= 15 is 0 Å². The Bertz CT molecular complexity index is 297. The minimum Gasteiger partial charge on any atom is -0.368 e. The second-order valence-corrected chi connectivity index (χ2v) is 2.94. The van der Waals surface area contributed by atoms with Crippen molar-refractivity contribution in [1.29, 1.82) is 0 Å². The van der Waals surface area contributed by atoms with Crippen LogP contribution in [-0.4, -0.2) is 11.9 Å². The van der Waals surface area contributed by atoms with Gasteiger partial charge in [-0.15, -0.1) is 0 Å². The van der Waals surface area contributed by atoms with Crippen LogP contribution in [0.25, 0.3) is 0 Å². The molecule has 1 aromatic rings. The third-order valence-corrected chi connectivity index (χ3v) is 2.05. The second-order valence-electron chi connectivity index (χ2n) is 2.94. The average molecular weight is 162 g/mol. The van der Waals surface area contributed by atoms with Crippen molar-refractivity contribution >= 4 is 5.91 Å². The van der Waals surface area contributed by atoms with Crippen molar-refractivity contribution < 1.29 is 4.79 Å². The third-order valence-electron chi connectivity index (χ3n) is 2.05. The molecule has 3 heteroatoms. The molecule has 0 aromatic heterocycles. The normalized spacial score (nSPS) is 26.7. The van der Waals surface area contributed by atoms with E-state index in [2.05, 4.69) is 5.32 Å². The number of hydrogen-bond donors (Lipinski definition) is 2. The molecule has 0 aliphatic carbocycles. The molecule has 0 saturated carbocycles. The lowest BCUT2D eigenvalue weighted by Crippen LogP contribution is -2.19. The van der Waals surface area contributed by atoms with Crippen LogP contribution < -0.4 is 11.1 Å². The molecule has 0 radical (unpaired) electrons. The summed E-state index contributed by atoms with van der Waals surface area (Å²) < 4.78 is 0. The van der Waals surface area contributed by atoms with Crippen molar-refractivity contribution in [1.82, 2.24) is 5.32 Å². The van der Waals surface area contributed by atoms with Gasteiger partial charge in [-0.25, -0.2) is 0 Å². The number of amides is 1. The number of benzene rings is 1. The van der Waals surface area contributed by atoms with Crippen LogP contribution in [0, 0.1) is 0 Å². The fraction of sp³-hybridized carbons (Fsp3) is 0.222. The Morgan fingerprint density at radius 2 is 2.00 bits per heavy atom. The third kappa shape index (κ3) is 1.19. The van der Waals surface area contributed by atoms with Gasteiger partial charge in [0.2, 0.25) is 5.91 Å². The highest BCUT2D eigenvalue weighted by Crippen LogP contribution is 2.28. The largest absolute Gasteiger partial charge is 0.368 e. The van der Waals surface area contributed by atoms with Crippen LogP contribution in [0.15, 0.2) is 30.3 Å². The zero-order valence-corrected chi connectivity index (χ0v) is 6.53. The van der Waals surface area contributed by atoms with Crippen molar-refractivity contribution in [2.24, 2.45) is 5.73 Å². The highest BCUT2D eigenvalue weighted by molar-refractivity contribution is 5.84. The zero-order chi connectivity index (χ0) is 8.55. The van der Waals surface area contributed by atoms with E-state index in [0.29, 0.717) is 0 Å². The predicted octanol–water partition coefficient (Wildman–Crippen LogP) is 0.185. The van der Waals surface area contributed by atoms with Gasteiger partial charge in [-0.2, -0.15) is 0 Å². The van der Waals surface area contributed by atoms with Crippen molar-refractivity contribution in [3.63, 3.8) is 0 Å². The molecular weight excluding hydrogens is 152 g/mol. The van der Waals surface area contributed by atoms with Gasteiger partial charge in [0.05, 0.1) is 6.04 Å². The first-order valence-corrected chi connectivity index (χ1v) is 3.89.